The zero-order valence-corrected chi connectivity index (χ0v) is 11.3. The Morgan fingerprint density at radius 1 is 1.24 bits per heavy atom. The summed E-state index contributed by atoms with van der Waals surface area (Å²) in [6, 6.07) is 4.21. The molecular formula is C14H16F3NO3. The lowest BCUT2D eigenvalue weighted by Gasteiger charge is -2.29. The first kappa shape index (κ1) is 15.6. The van der Waals surface area contributed by atoms with Gasteiger partial charge in [0.1, 0.15) is 5.75 Å². The molecule has 1 aliphatic rings. The van der Waals surface area contributed by atoms with E-state index in [2.05, 4.69) is 0 Å². The van der Waals surface area contributed by atoms with E-state index in [9.17, 15) is 23.1 Å². The number of rotatable bonds is 3. The highest BCUT2D eigenvalue weighted by Gasteiger charge is 2.30. The SMILES string of the molecule is O=C(COc1ccc(C(F)(F)F)cc1)N1CCC(O)CC1. The summed E-state index contributed by atoms with van der Waals surface area (Å²) in [7, 11) is 0. The van der Waals surface area contributed by atoms with Gasteiger partial charge >= 0.3 is 6.18 Å². The number of likely N-dealkylation sites (tertiary alicyclic amines) is 1. The maximum absolute atomic E-state index is 12.4. The molecule has 1 saturated heterocycles. The van der Waals surface area contributed by atoms with Crippen LogP contribution in [0.25, 0.3) is 0 Å². The van der Waals surface area contributed by atoms with E-state index in [4.69, 9.17) is 4.74 Å². The lowest BCUT2D eigenvalue weighted by molar-refractivity contribution is -0.138. The van der Waals surface area contributed by atoms with Gasteiger partial charge in [-0.15, -0.1) is 0 Å². The fourth-order valence-corrected chi connectivity index (χ4v) is 2.09. The van der Waals surface area contributed by atoms with Crippen LogP contribution < -0.4 is 4.74 Å². The summed E-state index contributed by atoms with van der Waals surface area (Å²) in [6.07, 6.45) is -3.69. The highest BCUT2D eigenvalue weighted by molar-refractivity contribution is 5.77. The number of ether oxygens (including phenoxy) is 1. The summed E-state index contributed by atoms with van der Waals surface area (Å²) in [5.74, 6) is -0.0183. The van der Waals surface area contributed by atoms with Crippen LogP contribution in [-0.4, -0.2) is 41.7 Å². The molecular weight excluding hydrogens is 287 g/mol. The number of carbonyl (C=O) groups excluding carboxylic acids is 1. The Balaban J connectivity index is 1.84. The number of aliphatic hydroxyl groups is 1. The van der Waals surface area contributed by atoms with Crippen molar-refractivity contribution in [2.45, 2.75) is 25.1 Å². The smallest absolute Gasteiger partial charge is 0.416 e. The Labute approximate surface area is 120 Å². The second-order valence-corrected chi connectivity index (χ2v) is 4.92. The number of amides is 1. The summed E-state index contributed by atoms with van der Waals surface area (Å²) in [4.78, 5) is 13.4. The minimum absolute atomic E-state index is 0.216. The minimum atomic E-state index is -4.39. The molecule has 0 spiro atoms. The number of nitrogens with zero attached hydrogens (tertiary/aromatic N) is 1. The topological polar surface area (TPSA) is 49.8 Å². The maximum atomic E-state index is 12.4. The van der Waals surface area contributed by atoms with Gasteiger partial charge < -0.3 is 14.7 Å². The predicted molar refractivity (Wildman–Crippen MR) is 68.8 cm³/mol. The average molecular weight is 303 g/mol. The molecule has 4 nitrogen and oxygen atoms in total. The van der Waals surface area contributed by atoms with Crippen molar-refractivity contribution in [2.75, 3.05) is 19.7 Å². The number of hydrogen-bond donors (Lipinski definition) is 1. The molecule has 1 heterocycles. The summed E-state index contributed by atoms with van der Waals surface area (Å²) < 4.78 is 42.4. The fourth-order valence-electron chi connectivity index (χ4n) is 2.09. The number of alkyl halides is 3. The number of halogens is 3. The molecule has 7 heteroatoms. The van der Waals surface area contributed by atoms with Crippen LogP contribution in [0.3, 0.4) is 0 Å². The molecule has 21 heavy (non-hydrogen) atoms. The standard InChI is InChI=1S/C14H16F3NO3/c15-14(16,17)10-1-3-12(4-2-10)21-9-13(20)18-7-5-11(19)6-8-18/h1-4,11,19H,5-9H2. The first-order chi connectivity index (χ1) is 9.86. The van der Waals surface area contributed by atoms with Crippen molar-refractivity contribution in [3.05, 3.63) is 29.8 Å². The molecule has 1 aliphatic heterocycles. The molecule has 0 saturated carbocycles. The van der Waals surface area contributed by atoms with Crippen LogP contribution in [-0.2, 0) is 11.0 Å². The summed E-state index contributed by atoms with van der Waals surface area (Å²) >= 11 is 0. The van der Waals surface area contributed by atoms with E-state index in [1.807, 2.05) is 0 Å². The van der Waals surface area contributed by atoms with Crippen LogP contribution in [0.4, 0.5) is 13.2 Å². The van der Waals surface area contributed by atoms with E-state index >= 15 is 0 Å². The van der Waals surface area contributed by atoms with Crippen LogP contribution in [0.1, 0.15) is 18.4 Å². The van der Waals surface area contributed by atoms with Gasteiger partial charge in [-0.2, -0.15) is 13.2 Å². The Hall–Kier alpha value is -1.76. The van der Waals surface area contributed by atoms with Crippen molar-refractivity contribution in [1.82, 2.24) is 4.90 Å². The first-order valence-electron chi connectivity index (χ1n) is 6.62. The van der Waals surface area contributed by atoms with Crippen molar-refractivity contribution >= 4 is 5.91 Å². The highest BCUT2D eigenvalue weighted by Crippen LogP contribution is 2.30. The van der Waals surface area contributed by atoms with Gasteiger partial charge in [0.25, 0.3) is 5.91 Å². The van der Waals surface area contributed by atoms with E-state index in [-0.39, 0.29) is 24.4 Å². The summed E-state index contributed by atoms with van der Waals surface area (Å²) in [6.45, 7) is 0.716. The van der Waals surface area contributed by atoms with Crippen LogP contribution in [0.2, 0.25) is 0 Å². The molecule has 116 valence electrons. The lowest BCUT2D eigenvalue weighted by atomic mass is 10.1. The number of aliphatic hydroxyl groups excluding tert-OH is 1. The van der Waals surface area contributed by atoms with Crippen molar-refractivity contribution in [3.63, 3.8) is 0 Å². The van der Waals surface area contributed by atoms with Gasteiger partial charge in [-0.1, -0.05) is 0 Å². The largest absolute Gasteiger partial charge is 0.484 e. The second-order valence-electron chi connectivity index (χ2n) is 4.92. The van der Waals surface area contributed by atoms with Gasteiger partial charge in [-0.05, 0) is 37.1 Å². The van der Waals surface area contributed by atoms with Gasteiger partial charge in [-0.3, -0.25) is 4.79 Å². The molecule has 0 atom stereocenters. The fraction of sp³-hybridized carbons (Fsp3) is 0.500. The third-order valence-corrected chi connectivity index (χ3v) is 3.36. The van der Waals surface area contributed by atoms with Gasteiger partial charge in [0.15, 0.2) is 6.61 Å². The van der Waals surface area contributed by atoms with Crippen LogP contribution >= 0.6 is 0 Å². The normalized spacial score (nSPS) is 16.9. The molecule has 0 aliphatic carbocycles. The third kappa shape index (κ3) is 4.35. The Kier molecular flexibility index (Phi) is 4.72. The molecule has 1 fully saturated rings. The van der Waals surface area contributed by atoms with Gasteiger partial charge in [0.05, 0.1) is 11.7 Å². The monoisotopic (exact) mass is 303 g/mol. The predicted octanol–water partition coefficient (Wildman–Crippen LogP) is 2.07. The number of benzene rings is 1. The molecule has 1 amide bonds. The van der Waals surface area contributed by atoms with E-state index in [0.29, 0.717) is 25.9 Å². The maximum Gasteiger partial charge on any atom is 0.416 e. The number of piperidine rings is 1. The molecule has 2 rings (SSSR count). The third-order valence-electron chi connectivity index (χ3n) is 3.36. The second kappa shape index (κ2) is 6.34. The minimum Gasteiger partial charge on any atom is -0.484 e. The van der Waals surface area contributed by atoms with E-state index in [1.165, 1.54) is 12.1 Å². The zero-order chi connectivity index (χ0) is 15.5. The molecule has 0 radical (unpaired) electrons. The molecule has 1 N–H and O–H groups in total. The van der Waals surface area contributed by atoms with Gasteiger partial charge in [0.2, 0.25) is 0 Å². The van der Waals surface area contributed by atoms with E-state index in [1.54, 1.807) is 4.90 Å². The molecule has 0 unspecified atom stereocenters. The van der Waals surface area contributed by atoms with E-state index in [0.717, 1.165) is 12.1 Å². The molecule has 1 aromatic carbocycles. The Morgan fingerprint density at radius 3 is 2.33 bits per heavy atom. The Bertz CT molecular complexity index is 479. The van der Waals surface area contributed by atoms with Crippen LogP contribution in [0, 0.1) is 0 Å². The number of carbonyl (C=O) groups is 1. The zero-order valence-electron chi connectivity index (χ0n) is 11.3. The van der Waals surface area contributed by atoms with Crippen molar-refractivity contribution in [1.29, 1.82) is 0 Å². The van der Waals surface area contributed by atoms with Crippen LogP contribution in [0.5, 0.6) is 5.75 Å². The number of hydrogen-bond acceptors (Lipinski definition) is 3. The summed E-state index contributed by atoms with van der Waals surface area (Å²) in [5, 5.41) is 9.35. The van der Waals surface area contributed by atoms with E-state index < -0.39 is 11.7 Å². The van der Waals surface area contributed by atoms with Crippen LogP contribution in [0.15, 0.2) is 24.3 Å². The lowest BCUT2D eigenvalue weighted by Crippen LogP contribution is -2.42. The molecule has 1 aromatic rings. The van der Waals surface area contributed by atoms with Gasteiger partial charge in [-0.25, -0.2) is 0 Å². The van der Waals surface area contributed by atoms with Gasteiger partial charge in [0, 0.05) is 13.1 Å². The molecule has 0 aromatic heterocycles. The van der Waals surface area contributed by atoms with Crippen molar-refractivity contribution < 1.29 is 27.8 Å². The van der Waals surface area contributed by atoms with Crippen molar-refractivity contribution in [2.24, 2.45) is 0 Å². The average Bonchev–Trinajstić information content (AvgIpc) is 2.45. The van der Waals surface area contributed by atoms with Crippen molar-refractivity contribution in [3.8, 4) is 5.75 Å². The summed E-state index contributed by atoms with van der Waals surface area (Å²) in [5.41, 5.74) is -0.758. The first-order valence-corrected chi connectivity index (χ1v) is 6.62. The Morgan fingerprint density at radius 2 is 1.81 bits per heavy atom. The highest BCUT2D eigenvalue weighted by atomic mass is 19.4. The molecule has 0 bridgehead atoms. The quantitative estimate of drug-likeness (QED) is 0.930.